The van der Waals surface area contributed by atoms with Crippen molar-refractivity contribution >= 4 is 17.5 Å². The number of carbonyl (C=O) groups is 1. The topological polar surface area (TPSA) is 80.7 Å². The van der Waals surface area contributed by atoms with Crippen LogP contribution in [0.2, 0.25) is 0 Å². The van der Waals surface area contributed by atoms with E-state index in [0.29, 0.717) is 23.8 Å². The highest BCUT2D eigenvalue weighted by molar-refractivity contribution is 5.95. The van der Waals surface area contributed by atoms with E-state index in [1.807, 2.05) is 12.1 Å². The average molecular weight is 365 g/mol. The highest BCUT2D eigenvalue weighted by Gasteiger charge is 2.34. The monoisotopic (exact) mass is 365 g/mol. The first kappa shape index (κ1) is 16.1. The number of morpholine rings is 1. The minimum atomic E-state index is -0.126. The van der Waals surface area contributed by atoms with Crippen LogP contribution in [0.3, 0.4) is 0 Å². The zero-order chi connectivity index (χ0) is 18.2. The molecule has 3 aromatic rings. The molecule has 1 amide bonds. The molecule has 1 N–H and O–H groups in total. The van der Waals surface area contributed by atoms with Crippen molar-refractivity contribution in [3.8, 4) is 11.5 Å². The molecule has 2 aliphatic rings. The second-order valence-corrected chi connectivity index (χ2v) is 6.75. The van der Waals surface area contributed by atoms with Crippen LogP contribution < -0.4 is 10.2 Å². The smallest absolute Gasteiger partial charge is 0.235 e. The summed E-state index contributed by atoms with van der Waals surface area (Å²) in [5, 5.41) is 6.91. The molecule has 0 aliphatic carbocycles. The lowest BCUT2D eigenvalue weighted by Gasteiger charge is -2.29. The molecule has 1 fully saturated rings. The third kappa shape index (κ3) is 2.90. The Balaban J connectivity index is 1.50. The first-order valence-electron chi connectivity index (χ1n) is 9.05. The third-order valence-corrected chi connectivity index (χ3v) is 5.15. The van der Waals surface area contributed by atoms with Crippen molar-refractivity contribution in [2.24, 2.45) is 0 Å². The van der Waals surface area contributed by atoms with Gasteiger partial charge in [0, 0.05) is 31.1 Å². The Morgan fingerprint density at radius 2 is 1.93 bits per heavy atom. The van der Waals surface area contributed by atoms with Crippen LogP contribution in [0.5, 0.6) is 0 Å². The molecular formula is C20H19N3O4. The lowest BCUT2D eigenvalue weighted by molar-refractivity contribution is -0.116. The molecule has 2 aliphatic heterocycles. The number of nitrogens with one attached hydrogen (secondary N) is 1. The molecule has 5 rings (SSSR count). The van der Waals surface area contributed by atoms with Gasteiger partial charge in [0.15, 0.2) is 11.5 Å². The Kier molecular flexibility index (Phi) is 3.94. The Hall–Kier alpha value is -3.06. The van der Waals surface area contributed by atoms with E-state index in [-0.39, 0.29) is 11.8 Å². The summed E-state index contributed by atoms with van der Waals surface area (Å²) in [5.41, 5.74) is 3.72. The Morgan fingerprint density at radius 1 is 1.11 bits per heavy atom. The second kappa shape index (κ2) is 6.59. The fraction of sp³-hybridized carbons (Fsp3) is 0.300. The summed E-state index contributed by atoms with van der Waals surface area (Å²) in [6.45, 7) is 3.29. The predicted octanol–water partition coefficient (Wildman–Crippen LogP) is 3.25. The molecule has 1 atom stereocenters. The Morgan fingerprint density at radius 3 is 2.67 bits per heavy atom. The third-order valence-electron chi connectivity index (χ3n) is 5.15. The summed E-state index contributed by atoms with van der Waals surface area (Å²) >= 11 is 0. The molecule has 1 saturated heterocycles. The summed E-state index contributed by atoms with van der Waals surface area (Å²) in [7, 11) is 0. The summed E-state index contributed by atoms with van der Waals surface area (Å²) in [4.78, 5) is 14.5. The molecule has 1 unspecified atom stereocenters. The molecule has 7 nitrogen and oxygen atoms in total. The fourth-order valence-electron chi connectivity index (χ4n) is 3.79. The maximum Gasteiger partial charge on any atom is 0.235 e. The van der Waals surface area contributed by atoms with Gasteiger partial charge in [-0.3, -0.25) is 10.1 Å². The number of nitrogens with zero attached hydrogens (tertiary/aromatic N) is 2. The maximum atomic E-state index is 12.2. The van der Waals surface area contributed by atoms with Crippen molar-refractivity contribution in [3.63, 3.8) is 0 Å². The number of amides is 1. The van der Waals surface area contributed by atoms with Crippen molar-refractivity contribution in [2.75, 3.05) is 36.5 Å². The number of ether oxygens (including phenoxy) is 1. The summed E-state index contributed by atoms with van der Waals surface area (Å²) in [6, 6.07) is 12.0. The zero-order valence-corrected chi connectivity index (χ0v) is 14.7. The van der Waals surface area contributed by atoms with Gasteiger partial charge in [-0.25, -0.2) is 0 Å². The molecule has 0 bridgehead atoms. The van der Waals surface area contributed by atoms with E-state index in [1.165, 1.54) is 5.69 Å². The van der Waals surface area contributed by atoms with E-state index in [9.17, 15) is 4.79 Å². The summed E-state index contributed by atoms with van der Waals surface area (Å²) in [6.07, 6.45) is 1.95. The van der Waals surface area contributed by atoms with Crippen LogP contribution in [0.4, 0.5) is 11.6 Å². The molecule has 27 heavy (non-hydrogen) atoms. The highest BCUT2D eigenvalue weighted by atomic mass is 16.5. The van der Waals surface area contributed by atoms with Crippen LogP contribution in [-0.2, 0) is 9.53 Å². The van der Waals surface area contributed by atoms with E-state index in [2.05, 4.69) is 39.6 Å². The van der Waals surface area contributed by atoms with Gasteiger partial charge in [0.25, 0.3) is 0 Å². The maximum absolute atomic E-state index is 12.2. The molecule has 0 radical (unpaired) electrons. The number of fused-ring (bicyclic) bond motifs is 1. The molecule has 1 aromatic carbocycles. The van der Waals surface area contributed by atoms with Crippen molar-refractivity contribution in [1.29, 1.82) is 0 Å². The lowest BCUT2D eigenvalue weighted by Crippen LogP contribution is -2.36. The van der Waals surface area contributed by atoms with Gasteiger partial charge in [-0.15, -0.1) is 0 Å². The molecule has 2 aromatic heterocycles. The predicted molar refractivity (Wildman–Crippen MR) is 98.8 cm³/mol. The van der Waals surface area contributed by atoms with Gasteiger partial charge in [-0.05, 0) is 29.8 Å². The van der Waals surface area contributed by atoms with Gasteiger partial charge in [-0.2, -0.15) is 0 Å². The first-order valence-corrected chi connectivity index (χ1v) is 9.05. The average Bonchev–Trinajstić information content (AvgIpc) is 3.37. The minimum Gasteiger partial charge on any atom is -0.463 e. The fourth-order valence-corrected chi connectivity index (χ4v) is 3.79. The van der Waals surface area contributed by atoms with E-state index in [4.69, 9.17) is 13.7 Å². The molecule has 138 valence electrons. The molecular weight excluding hydrogens is 346 g/mol. The standard InChI is InChI=1S/C20H19N3O4/c24-17-12-15(13-3-5-14(6-4-13)23-7-10-25-11-8-23)18-19(16-2-1-9-26-16)22-27-20(18)21-17/h1-6,9,15H,7-8,10-12H2,(H,21,24). The van der Waals surface area contributed by atoms with Gasteiger partial charge in [0.2, 0.25) is 11.8 Å². The van der Waals surface area contributed by atoms with Gasteiger partial charge in [0.1, 0.15) is 0 Å². The lowest BCUT2D eigenvalue weighted by atomic mass is 9.85. The van der Waals surface area contributed by atoms with Crippen molar-refractivity contribution in [3.05, 3.63) is 53.8 Å². The largest absolute Gasteiger partial charge is 0.463 e. The number of rotatable bonds is 3. The van der Waals surface area contributed by atoms with Gasteiger partial charge in [0.05, 0.1) is 25.0 Å². The van der Waals surface area contributed by atoms with E-state index in [0.717, 1.165) is 37.4 Å². The first-order chi connectivity index (χ1) is 13.3. The van der Waals surface area contributed by atoms with Crippen LogP contribution in [0.1, 0.15) is 23.5 Å². The normalized spacial score (nSPS) is 19.6. The van der Waals surface area contributed by atoms with Crippen LogP contribution in [0.25, 0.3) is 11.5 Å². The Labute approximate surface area is 155 Å². The zero-order valence-electron chi connectivity index (χ0n) is 14.7. The van der Waals surface area contributed by atoms with E-state index < -0.39 is 0 Å². The van der Waals surface area contributed by atoms with E-state index in [1.54, 1.807) is 6.26 Å². The van der Waals surface area contributed by atoms with Crippen molar-refractivity contribution in [1.82, 2.24) is 5.16 Å². The number of hydrogen-bond donors (Lipinski definition) is 1. The number of carbonyl (C=O) groups excluding carboxylic acids is 1. The number of furan rings is 1. The number of hydrogen-bond acceptors (Lipinski definition) is 6. The SMILES string of the molecule is O=C1CC(c2ccc(N3CCOCC3)cc2)c2c(-c3ccco3)noc2N1. The highest BCUT2D eigenvalue weighted by Crippen LogP contribution is 2.43. The van der Waals surface area contributed by atoms with Gasteiger partial charge < -0.3 is 18.6 Å². The van der Waals surface area contributed by atoms with Crippen molar-refractivity contribution < 1.29 is 18.5 Å². The number of aromatic nitrogens is 1. The van der Waals surface area contributed by atoms with Gasteiger partial charge >= 0.3 is 0 Å². The molecule has 7 heteroatoms. The minimum absolute atomic E-state index is 0.0769. The van der Waals surface area contributed by atoms with Crippen LogP contribution in [0, 0.1) is 0 Å². The summed E-state index contributed by atoms with van der Waals surface area (Å²) < 4.78 is 16.3. The van der Waals surface area contributed by atoms with Gasteiger partial charge in [-0.1, -0.05) is 17.3 Å². The summed E-state index contributed by atoms with van der Waals surface area (Å²) in [5.74, 6) is 0.830. The van der Waals surface area contributed by atoms with Crippen LogP contribution in [-0.4, -0.2) is 37.4 Å². The van der Waals surface area contributed by atoms with Crippen LogP contribution in [0.15, 0.2) is 51.6 Å². The molecule has 0 spiro atoms. The molecule has 0 saturated carbocycles. The molecule has 4 heterocycles. The van der Waals surface area contributed by atoms with Crippen molar-refractivity contribution in [2.45, 2.75) is 12.3 Å². The number of benzene rings is 1. The number of anilines is 2. The van der Waals surface area contributed by atoms with E-state index >= 15 is 0 Å². The van der Waals surface area contributed by atoms with Crippen LogP contribution >= 0.6 is 0 Å². The quantitative estimate of drug-likeness (QED) is 0.767. The second-order valence-electron chi connectivity index (χ2n) is 6.75. The Bertz CT molecular complexity index is 940.